The largest absolute Gasteiger partial charge is 0.490 e. The molecule has 2 aromatic carbocycles. The normalized spacial score (nSPS) is 17.0. The van der Waals surface area contributed by atoms with E-state index in [1.165, 1.54) is 55.8 Å². The third kappa shape index (κ3) is 5.01. The quantitative estimate of drug-likeness (QED) is 0.379. The van der Waals surface area contributed by atoms with Crippen LogP contribution in [0.5, 0.6) is 5.75 Å². The van der Waals surface area contributed by atoms with Crippen LogP contribution >= 0.6 is 11.6 Å². The molecule has 1 amide bonds. The van der Waals surface area contributed by atoms with Gasteiger partial charge in [-0.05, 0) is 49.2 Å². The van der Waals surface area contributed by atoms with Crippen molar-refractivity contribution in [3.05, 3.63) is 63.2 Å². The molecule has 0 spiro atoms. The van der Waals surface area contributed by atoms with Crippen LogP contribution in [0.2, 0.25) is 5.02 Å². The third-order valence-electron chi connectivity index (χ3n) is 4.71. The predicted molar refractivity (Wildman–Crippen MR) is 114 cm³/mol. The zero-order chi connectivity index (χ0) is 22.6. The van der Waals surface area contributed by atoms with E-state index >= 15 is 0 Å². The number of nitrogens with one attached hydrogen (secondary N) is 1. The van der Waals surface area contributed by atoms with E-state index in [1.807, 2.05) is 0 Å². The first-order valence-corrected chi connectivity index (χ1v) is 11.0. The van der Waals surface area contributed by atoms with Crippen molar-refractivity contribution >= 4 is 39.4 Å². The van der Waals surface area contributed by atoms with Crippen molar-refractivity contribution in [2.24, 2.45) is 5.10 Å². The molecule has 164 valence electrons. The highest BCUT2D eigenvalue weighted by Gasteiger charge is 2.39. The van der Waals surface area contributed by atoms with E-state index in [9.17, 15) is 23.3 Å². The van der Waals surface area contributed by atoms with Crippen molar-refractivity contribution in [2.75, 3.05) is 13.7 Å². The van der Waals surface area contributed by atoms with Crippen molar-refractivity contribution in [3.63, 3.8) is 0 Å². The second-order valence-electron chi connectivity index (χ2n) is 6.65. The Hall–Kier alpha value is -3.02. The van der Waals surface area contributed by atoms with E-state index in [4.69, 9.17) is 16.3 Å². The van der Waals surface area contributed by atoms with Gasteiger partial charge in [0.15, 0.2) is 5.75 Å². The standard InChI is InChI=1S/C19H19ClN4O6S/c1-30-18-9-4-13(11-17(18)24(26)27)12-21-22-19(25)16-3-2-10-23(16)31(28,29)15-7-5-14(20)6-8-15/h4-9,11-12,16H,2-3,10H2,1H3,(H,22,25)/b21-12-/t16-/m1/s1. The number of hydrogen-bond donors (Lipinski definition) is 1. The van der Waals surface area contributed by atoms with E-state index in [-0.39, 0.29) is 22.9 Å². The predicted octanol–water partition coefficient (Wildman–Crippen LogP) is 2.56. The van der Waals surface area contributed by atoms with Gasteiger partial charge in [-0.15, -0.1) is 0 Å². The van der Waals surface area contributed by atoms with Gasteiger partial charge in [0, 0.05) is 23.2 Å². The highest BCUT2D eigenvalue weighted by molar-refractivity contribution is 7.89. The van der Waals surface area contributed by atoms with Crippen molar-refractivity contribution in [3.8, 4) is 5.75 Å². The molecule has 0 saturated carbocycles. The van der Waals surface area contributed by atoms with Crippen molar-refractivity contribution < 1.29 is 22.9 Å². The third-order valence-corrected chi connectivity index (χ3v) is 6.89. The summed E-state index contributed by atoms with van der Waals surface area (Å²) in [7, 11) is -2.56. The number of sulfonamides is 1. The van der Waals surface area contributed by atoms with Gasteiger partial charge >= 0.3 is 5.69 Å². The Morgan fingerprint density at radius 1 is 1.32 bits per heavy atom. The Labute approximate surface area is 183 Å². The number of amides is 1. The summed E-state index contributed by atoms with van der Waals surface area (Å²) in [6.45, 7) is 0.206. The molecule has 1 atom stereocenters. The van der Waals surface area contributed by atoms with E-state index in [2.05, 4.69) is 10.5 Å². The van der Waals surface area contributed by atoms with Crippen molar-refractivity contribution in [1.82, 2.24) is 9.73 Å². The maximum absolute atomic E-state index is 12.9. The average Bonchev–Trinajstić information content (AvgIpc) is 3.25. The van der Waals surface area contributed by atoms with Crippen molar-refractivity contribution in [1.29, 1.82) is 0 Å². The summed E-state index contributed by atoms with van der Waals surface area (Å²) in [4.78, 5) is 23.1. The molecule has 0 radical (unpaired) electrons. The molecule has 0 unspecified atom stereocenters. The first-order chi connectivity index (χ1) is 14.7. The molecule has 0 bridgehead atoms. The number of carbonyl (C=O) groups is 1. The van der Waals surface area contributed by atoms with Gasteiger partial charge in [-0.3, -0.25) is 14.9 Å². The number of ether oxygens (including phenoxy) is 1. The van der Waals surface area contributed by atoms with Gasteiger partial charge in [0.2, 0.25) is 10.0 Å². The number of hydrazone groups is 1. The van der Waals surface area contributed by atoms with E-state index < -0.39 is 26.9 Å². The zero-order valence-electron chi connectivity index (χ0n) is 16.4. The lowest BCUT2D eigenvalue weighted by molar-refractivity contribution is -0.385. The molecule has 12 heteroatoms. The molecule has 0 aliphatic carbocycles. The molecule has 1 saturated heterocycles. The molecule has 0 aromatic heterocycles. The lowest BCUT2D eigenvalue weighted by Crippen LogP contribution is -2.44. The number of methoxy groups -OCH3 is 1. The summed E-state index contributed by atoms with van der Waals surface area (Å²) in [5, 5.41) is 15.3. The molecule has 2 aromatic rings. The van der Waals surface area contributed by atoms with Gasteiger partial charge in [0.05, 0.1) is 23.1 Å². The molecule has 1 fully saturated rings. The topological polar surface area (TPSA) is 131 Å². The Balaban J connectivity index is 1.72. The maximum atomic E-state index is 12.9. The summed E-state index contributed by atoms with van der Waals surface area (Å²) >= 11 is 5.82. The molecular formula is C19H19ClN4O6S. The average molecular weight is 467 g/mol. The Morgan fingerprint density at radius 3 is 2.68 bits per heavy atom. The lowest BCUT2D eigenvalue weighted by atomic mass is 10.2. The first-order valence-electron chi connectivity index (χ1n) is 9.17. The minimum Gasteiger partial charge on any atom is -0.490 e. The fraction of sp³-hybridized carbons (Fsp3) is 0.263. The summed E-state index contributed by atoms with van der Waals surface area (Å²) in [5.41, 5.74) is 2.44. The monoisotopic (exact) mass is 466 g/mol. The summed E-state index contributed by atoms with van der Waals surface area (Å²) in [6.07, 6.45) is 2.11. The van der Waals surface area contributed by atoms with Gasteiger partial charge in [0.25, 0.3) is 5.91 Å². The van der Waals surface area contributed by atoms with Crippen LogP contribution in [-0.2, 0) is 14.8 Å². The number of halogens is 1. The second kappa shape index (κ2) is 9.41. The van der Waals surface area contributed by atoms with Crippen LogP contribution in [0.3, 0.4) is 0 Å². The molecule has 1 heterocycles. The molecule has 1 N–H and O–H groups in total. The Kier molecular flexibility index (Phi) is 6.88. The number of rotatable bonds is 7. The number of benzene rings is 2. The van der Waals surface area contributed by atoms with Crippen LogP contribution < -0.4 is 10.2 Å². The first kappa shape index (κ1) is 22.7. The van der Waals surface area contributed by atoms with Gasteiger partial charge < -0.3 is 4.74 Å². The van der Waals surface area contributed by atoms with Crippen LogP contribution in [0.15, 0.2) is 52.5 Å². The van der Waals surface area contributed by atoms with Gasteiger partial charge in [-0.25, -0.2) is 13.8 Å². The van der Waals surface area contributed by atoms with Crippen molar-refractivity contribution in [2.45, 2.75) is 23.8 Å². The van der Waals surface area contributed by atoms with Gasteiger partial charge in [0.1, 0.15) is 6.04 Å². The number of carbonyl (C=O) groups excluding carboxylic acids is 1. The number of nitrogens with zero attached hydrogens (tertiary/aromatic N) is 3. The molecule has 3 rings (SSSR count). The Bertz CT molecular complexity index is 1120. The highest BCUT2D eigenvalue weighted by atomic mass is 35.5. The molecule has 10 nitrogen and oxygen atoms in total. The summed E-state index contributed by atoms with van der Waals surface area (Å²) in [5.74, 6) is -0.491. The van der Waals surface area contributed by atoms with Gasteiger partial charge in [-0.1, -0.05) is 11.6 Å². The van der Waals surface area contributed by atoms with Gasteiger partial charge in [-0.2, -0.15) is 9.41 Å². The van der Waals surface area contributed by atoms with Crippen LogP contribution in [0.25, 0.3) is 0 Å². The minimum absolute atomic E-state index is 0.0469. The molecule has 1 aliphatic rings. The number of nitro groups is 1. The fourth-order valence-electron chi connectivity index (χ4n) is 3.21. The fourth-order valence-corrected chi connectivity index (χ4v) is 4.99. The van der Waals surface area contributed by atoms with Crippen LogP contribution in [0.4, 0.5) is 5.69 Å². The SMILES string of the molecule is COc1ccc(/C=N\NC(=O)[C@H]2CCCN2S(=O)(=O)c2ccc(Cl)cc2)cc1[N+](=O)[O-]. The number of hydrogen-bond acceptors (Lipinski definition) is 7. The van der Waals surface area contributed by atoms with E-state index in [0.717, 1.165) is 4.31 Å². The zero-order valence-corrected chi connectivity index (χ0v) is 18.0. The smallest absolute Gasteiger partial charge is 0.311 e. The van der Waals surface area contributed by atoms with Crippen LogP contribution in [0, 0.1) is 10.1 Å². The summed E-state index contributed by atoms with van der Waals surface area (Å²) < 4.78 is 31.9. The van der Waals surface area contributed by atoms with Crippen LogP contribution in [0.1, 0.15) is 18.4 Å². The highest BCUT2D eigenvalue weighted by Crippen LogP contribution is 2.28. The van der Waals surface area contributed by atoms with E-state index in [1.54, 1.807) is 0 Å². The minimum atomic E-state index is -3.88. The lowest BCUT2D eigenvalue weighted by Gasteiger charge is -2.22. The molecule has 31 heavy (non-hydrogen) atoms. The van der Waals surface area contributed by atoms with E-state index in [0.29, 0.717) is 23.4 Å². The molecule has 1 aliphatic heterocycles. The molecular weight excluding hydrogens is 448 g/mol. The summed E-state index contributed by atoms with van der Waals surface area (Å²) in [6, 6.07) is 9.01. The second-order valence-corrected chi connectivity index (χ2v) is 8.98. The Morgan fingerprint density at radius 2 is 2.03 bits per heavy atom. The number of nitro benzene ring substituents is 1. The van der Waals surface area contributed by atoms with Crippen LogP contribution in [-0.4, -0.2) is 49.5 Å². The maximum Gasteiger partial charge on any atom is 0.311 e.